The molecule has 0 aliphatic heterocycles. The second kappa shape index (κ2) is 7.79. The van der Waals surface area contributed by atoms with Crippen molar-refractivity contribution in [3.63, 3.8) is 0 Å². The first-order chi connectivity index (χ1) is 13.7. The molecule has 2 N–H and O–H groups in total. The summed E-state index contributed by atoms with van der Waals surface area (Å²) >= 11 is 0. The average molecular weight is 373 g/mol. The molecule has 4 rings (SSSR count). The predicted octanol–water partition coefficient (Wildman–Crippen LogP) is 3.46. The van der Waals surface area contributed by atoms with Crippen molar-refractivity contribution in [3.8, 4) is 17.0 Å². The number of benzene rings is 2. The minimum atomic E-state index is -0.212. The molecule has 0 spiro atoms. The summed E-state index contributed by atoms with van der Waals surface area (Å²) in [4.78, 5) is 20.8. The van der Waals surface area contributed by atoms with Gasteiger partial charge in [0.1, 0.15) is 5.75 Å². The van der Waals surface area contributed by atoms with Crippen LogP contribution >= 0.6 is 0 Å². The number of hydrogen-bond donors (Lipinski definition) is 2. The van der Waals surface area contributed by atoms with Crippen LogP contribution < -0.4 is 15.4 Å². The van der Waals surface area contributed by atoms with Crippen molar-refractivity contribution in [1.82, 2.24) is 14.4 Å². The molecule has 2 aromatic heterocycles. The van der Waals surface area contributed by atoms with Gasteiger partial charge in [-0.2, -0.15) is 0 Å². The van der Waals surface area contributed by atoms with Crippen LogP contribution in [0, 0.1) is 0 Å². The van der Waals surface area contributed by atoms with Gasteiger partial charge in [0, 0.05) is 30.7 Å². The molecule has 28 heavy (non-hydrogen) atoms. The van der Waals surface area contributed by atoms with E-state index in [0.29, 0.717) is 11.4 Å². The van der Waals surface area contributed by atoms with Gasteiger partial charge in [-0.15, -0.1) is 0 Å². The Hall–Kier alpha value is -3.87. The maximum Gasteiger partial charge on any atom is 0.262 e. The van der Waals surface area contributed by atoms with Crippen LogP contribution in [0.2, 0.25) is 0 Å². The van der Waals surface area contributed by atoms with E-state index in [1.54, 1.807) is 12.4 Å². The molecule has 7 nitrogen and oxygen atoms in total. The van der Waals surface area contributed by atoms with Gasteiger partial charge in [-0.3, -0.25) is 9.20 Å². The number of hydrogen-bond acceptors (Lipinski definition) is 5. The van der Waals surface area contributed by atoms with E-state index in [2.05, 4.69) is 20.6 Å². The molecule has 0 fully saturated rings. The van der Waals surface area contributed by atoms with Gasteiger partial charge in [-0.1, -0.05) is 30.3 Å². The minimum Gasteiger partial charge on any atom is -0.484 e. The summed E-state index contributed by atoms with van der Waals surface area (Å²) in [6.45, 7) is -0.0428. The Bertz CT molecular complexity index is 1090. The fraction of sp³-hybridized carbons (Fsp3) is 0.0952. The zero-order valence-corrected chi connectivity index (χ0v) is 15.3. The third kappa shape index (κ3) is 3.64. The molecule has 4 aromatic rings. The van der Waals surface area contributed by atoms with Crippen LogP contribution in [0.25, 0.3) is 16.9 Å². The summed E-state index contributed by atoms with van der Waals surface area (Å²) < 4.78 is 7.43. The topological polar surface area (TPSA) is 80.5 Å². The number of para-hydroxylation sites is 1. The van der Waals surface area contributed by atoms with Gasteiger partial charge in [0.15, 0.2) is 18.1 Å². The molecule has 2 aromatic carbocycles. The summed E-state index contributed by atoms with van der Waals surface area (Å²) in [5.41, 5.74) is 3.39. The van der Waals surface area contributed by atoms with Gasteiger partial charge in [0.25, 0.3) is 5.91 Å². The number of carbonyl (C=O) groups excluding carboxylic acids is 1. The Balaban J connectivity index is 1.45. The largest absolute Gasteiger partial charge is 0.484 e. The van der Waals surface area contributed by atoms with Crippen LogP contribution in [0.1, 0.15) is 0 Å². The normalized spacial score (nSPS) is 10.6. The minimum absolute atomic E-state index is 0.0428. The van der Waals surface area contributed by atoms with Crippen molar-refractivity contribution in [1.29, 1.82) is 0 Å². The number of amides is 1. The quantitative estimate of drug-likeness (QED) is 0.541. The van der Waals surface area contributed by atoms with Crippen LogP contribution in [0.15, 0.2) is 73.2 Å². The Morgan fingerprint density at radius 1 is 1.07 bits per heavy atom. The number of anilines is 2. The number of nitrogens with zero attached hydrogens (tertiary/aromatic N) is 3. The molecular weight excluding hydrogens is 354 g/mol. The van der Waals surface area contributed by atoms with Gasteiger partial charge >= 0.3 is 0 Å². The molecule has 0 saturated heterocycles. The fourth-order valence-corrected chi connectivity index (χ4v) is 2.90. The Morgan fingerprint density at radius 3 is 2.61 bits per heavy atom. The highest BCUT2D eigenvalue weighted by Gasteiger charge is 2.10. The molecular formula is C21H19N5O2. The van der Waals surface area contributed by atoms with E-state index in [-0.39, 0.29) is 12.5 Å². The van der Waals surface area contributed by atoms with Crippen molar-refractivity contribution in [2.45, 2.75) is 0 Å². The SMILES string of the molecule is CNc1nccn2c(-c3ccc(NC(=O)COc4ccccc4)cc3)cnc12. The van der Waals surface area contributed by atoms with E-state index in [4.69, 9.17) is 4.74 Å². The van der Waals surface area contributed by atoms with E-state index in [9.17, 15) is 4.79 Å². The molecule has 0 radical (unpaired) electrons. The first-order valence-electron chi connectivity index (χ1n) is 8.82. The zero-order chi connectivity index (χ0) is 19.3. The van der Waals surface area contributed by atoms with E-state index in [1.807, 2.05) is 72.2 Å². The lowest BCUT2D eigenvalue weighted by Gasteiger charge is -2.08. The van der Waals surface area contributed by atoms with E-state index in [0.717, 1.165) is 22.7 Å². The lowest BCUT2D eigenvalue weighted by Crippen LogP contribution is -2.20. The van der Waals surface area contributed by atoms with Crippen LogP contribution in [0.3, 0.4) is 0 Å². The van der Waals surface area contributed by atoms with E-state index < -0.39 is 0 Å². The van der Waals surface area contributed by atoms with Crippen molar-refractivity contribution in [2.24, 2.45) is 0 Å². The van der Waals surface area contributed by atoms with Gasteiger partial charge in [0.05, 0.1) is 11.9 Å². The number of carbonyl (C=O) groups is 1. The van der Waals surface area contributed by atoms with Crippen LogP contribution in [-0.2, 0) is 4.79 Å². The number of rotatable bonds is 6. The molecule has 7 heteroatoms. The third-order valence-corrected chi connectivity index (χ3v) is 4.24. The Labute approximate surface area is 162 Å². The fourth-order valence-electron chi connectivity index (χ4n) is 2.90. The van der Waals surface area contributed by atoms with Crippen molar-refractivity contribution < 1.29 is 9.53 Å². The number of aromatic nitrogens is 3. The summed E-state index contributed by atoms with van der Waals surface area (Å²) in [6.07, 6.45) is 5.40. The van der Waals surface area contributed by atoms with E-state index in [1.165, 1.54) is 0 Å². The average Bonchev–Trinajstić information content (AvgIpc) is 3.18. The van der Waals surface area contributed by atoms with Gasteiger partial charge < -0.3 is 15.4 Å². The predicted molar refractivity (Wildman–Crippen MR) is 109 cm³/mol. The molecule has 140 valence electrons. The van der Waals surface area contributed by atoms with Crippen molar-refractivity contribution in [3.05, 3.63) is 73.2 Å². The summed E-state index contributed by atoms with van der Waals surface area (Å²) in [7, 11) is 1.82. The highest BCUT2D eigenvalue weighted by atomic mass is 16.5. The maximum atomic E-state index is 12.1. The molecule has 0 saturated carbocycles. The highest BCUT2D eigenvalue weighted by molar-refractivity contribution is 5.92. The molecule has 2 heterocycles. The first-order valence-corrected chi connectivity index (χ1v) is 8.82. The number of nitrogens with one attached hydrogen (secondary N) is 2. The van der Waals surface area contributed by atoms with Gasteiger partial charge in [-0.25, -0.2) is 9.97 Å². The number of ether oxygens (including phenoxy) is 1. The van der Waals surface area contributed by atoms with Crippen molar-refractivity contribution >= 4 is 23.1 Å². The van der Waals surface area contributed by atoms with Gasteiger partial charge in [-0.05, 0) is 24.3 Å². The smallest absolute Gasteiger partial charge is 0.262 e. The highest BCUT2D eigenvalue weighted by Crippen LogP contribution is 2.24. The second-order valence-corrected chi connectivity index (χ2v) is 6.09. The summed E-state index contributed by atoms with van der Waals surface area (Å²) in [5, 5.41) is 5.87. The van der Waals surface area contributed by atoms with E-state index >= 15 is 0 Å². The molecule has 0 bridgehead atoms. The standard InChI is InChI=1S/C21H19N5O2/c1-22-20-21-24-13-18(26(21)12-11-23-20)15-7-9-16(10-8-15)25-19(27)14-28-17-5-3-2-4-6-17/h2-13H,14H2,1H3,(H,22,23)(H,25,27). The first kappa shape index (κ1) is 17.5. The molecule has 0 unspecified atom stereocenters. The number of fused-ring (bicyclic) bond motifs is 1. The Kier molecular flexibility index (Phi) is 4.88. The summed E-state index contributed by atoms with van der Waals surface area (Å²) in [5.74, 6) is 1.17. The molecule has 0 atom stereocenters. The summed E-state index contributed by atoms with van der Waals surface area (Å²) in [6, 6.07) is 16.8. The maximum absolute atomic E-state index is 12.1. The van der Waals surface area contributed by atoms with Crippen LogP contribution in [0.4, 0.5) is 11.5 Å². The lowest BCUT2D eigenvalue weighted by atomic mass is 10.1. The molecule has 0 aliphatic rings. The van der Waals surface area contributed by atoms with Crippen LogP contribution in [0.5, 0.6) is 5.75 Å². The Morgan fingerprint density at radius 2 is 1.86 bits per heavy atom. The van der Waals surface area contributed by atoms with Crippen LogP contribution in [-0.4, -0.2) is 33.9 Å². The van der Waals surface area contributed by atoms with Gasteiger partial charge in [0.2, 0.25) is 0 Å². The molecule has 1 amide bonds. The number of imidazole rings is 1. The lowest BCUT2D eigenvalue weighted by molar-refractivity contribution is -0.118. The monoisotopic (exact) mass is 373 g/mol. The molecule has 0 aliphatic carbocycles. The zero-order valence-electron chi connectivity index (χ0n) is 15.3. The second-order valence-electron chi connectivity index (χ2n) is 6.09. The van der Waals surface area contributed by atoms with Crippen molar-refractivity contribution in [2.75, 3.05) is 24.3 Å². The third-order valence-electron chi connectivity index (χ3n) is 4.24.